The molecular formula is C84H54N2S2. The number of fused-ring (bicyclic) bond motifs is 15. The first-order valence-corrected chi connectivity index (χ1v) is 31.9. The number of anilines is 6. The topological polar surface area (TPSA) is 6.48 Å². The van der Waals surface area contributed by atoms with Crippen molar-refractivity contribution in [3.63, 3.8) is 0 Å². The summed E-state index contributed by atoms with van der Waals surface area (Å²) in [4.78, 5) is 4.83. The standard InChI is InChI=1S/C84H54N2S2/c1-5-21-55(22-6-1)83(75-33-17-13-29-65(75)66-30-14-18-34-76(66)83)57-37-41-61(42-38-57)85(59-25-9-3-10-26-59)63-45-47-69-71-49-51-74-73(81(71)87-79(69)53-63)52-50-72-70-48-46-64(54-80(70)88-82(72)74)86(60-27-11-4-12-28-60)62-43-39-58(40-44-62)84(56-23-7-2-8-24-56)77-35-19-15-31-67(77)68-32-16-20-36-78(68)84/h1-54H. The number of hydrogen-bond acceptors (Lipinski definition) is 4. The van der Waals surface area contributed by atoms with Crippen molar-refractivity contribution in [2.45, 2.75) is 10.8 Å². The Kier molecular flexibility index (Phi) is 11.5. The second-order valence-corrected chi connectivity index (χ2v) is 25.5. The van der Waals surface area contributed by atoms with Gasteiger partial charge in [-0.15, -0.1) is 22.7 Å². The second kappa shape index (κ2) is 20.0. The van der Waals surface area contributed by atoms with Crippen molar-refractivity contribution < 1.29 is 0 Å². The summed E-state index contributed by atoms with van der Waals surface area (Å²) in [5.74, 6) is 0. The first-order chi connectivity index (χ1) is 43.6. The summed E-state index contributed by atoms with van der Waals surface area (Å²) >= 11 is 3.81. The molecule has 0 atom stereocenters. The molecule has 2 heterocycles. The molecule has 16 aromatic rings. The number of hydrogen-bond donors (Lipinski definition) is 0. The molecule has 18 rings (SSSR count). The van der Waals surface area contributed by atoms with Crippen LogP contribution in [0.25, 0.3) is 73.4 Å². The van der Waals surface area contributed by atoms with Crippen molar-refractivity contribution >= 4 is 108 Å². The Morgan fingerprint density at radius 2 is 0.455 bits per heavy atom. The maximum absolute atomic E-state index is 2.41. The summed E-state index contributed by atoms with van der Waals surface area (Å²) in [6.07, 6.45) is 0. The monoisotopic (exact) mass is 1150 g/mol. The molecule has 0 saturated carbocycles. The minimum absolute atomic E-state index is 0.461. The van der Waals surface area contributed by atoms with Gasteiger partial charge in [0.2, 0.25) is 0 Å². The van der Waals surface area contributed by atoms with Gasteiger partial charge in [0.25, 0.3) is 0 Å². The average molecular weight is 1160 g/mol. The fourth-order valence-corrected chi connectivity index (χ4v) is 17.8. The van der Waals surface area contributed by atoms with Crippen LogP contribution in [-0.4, -0.2) is 0 Å². The SMILES string of the molecule is c1ccc(N(c2ccc(C3(c4ccccc4)c4ccccc4-c4ccccc43)cc2)c2ccc3c(c2)sc2c3ccc3c2ccc2c4ccc(N(c5ccccc5)c5ccc(C6(c7ccccc7)c7ccccc7-c7ccccc76)cc5)cc4sc23)cc1. The lowest BCUT2D eigenvalue weighted by molar-refractivity contribution is 0.768. The summed E-state index contributed by atoms with van der Waals surface area (Å²) < 4.78 is 5.17. The van der Waals surface area contributed by atoms with Crippen LogP contribution < -0.4 is 9.80 Å². The van der Waals surface area contributed by atoms with Crippen LogP contribution >= 0.6 is 22.7 Å². The number of thiophene rings is 2. The van der Waals surface area contributed by atoms with Crippen LogP contribution in [0.15, 0.2) is 328 Å². The van der Waals surface area contributed by atoms with Gasteiger partial charge in [0, 0.05) is 85.2 Å². The van der Waals surface area contributed by atoms with Crippen molar-refractivity contribution in [3.8, 4) is 22.3 Å². The van der Waals surface area contributed by atoms with Crippen LogP contribution in [0.1, 0.15) is 44.5 Å². The Morgan fingerprint density at radius 1 is 0.205 bits per heavy atom. The minimum Gasteiger partial charge on any atom is -0.310 e. The minimum atomic E-state index is -0.461. The Balaban J connectivity index is 0.718. The molecule has 0 amide bonds. The van der Waals surface area contributed by atoms with Crippen LogP contribution in [0.4, 0.5) is 34.1 Å². The van der Waals surface area contributed by atoms with Gasteiger partial charge in [-0.05, 0) is 140 Å². The second-order valence-electron chi connectivity index (χ2n) is 23.4. The van der Waals surface area contributed by atoms with Gasteiger partial charge in [0.1, 0.15) is 0 Å². The predicted molar refractivity (Wildman–Crippen MR) is 374 cm³/mol. The zero-order valence-electron chi connectivity index (χ0n) is 47.9. The van der Waals surface area contributed by atoms with E-state index in [4.69, 9.17) is 0 Å². The highest BCUT2D eigenvalue weighted by Crippen LogP contribution is 2.58. The van der Waals surface area contributed by atoms with Gasteiger partial charge in [-0.1, -0.05) is 255 Å². The smallest absolute Gasteiger partial charge is 0.0713 e. The molecule has 0 saturated heterocycles. The fraction of sp³-hybridized carbons (Fsp3) is 0.0238. The zero-order chi connectivity index (χ0) is 57.9. The number of rotatable bonds is 10. The van der Waals surface area contributed by atoms with E-state index in [2.05, 4.69) is 337 Å². The normalized spacial score (nSPS) is 13.4. The van der Waals surface area contributed by atoms with E-state index in [0.29, 0.717) is 0 Å². The van der Waals surface area contributed by atoms with Crippen LogP contribution in [0.5, 0.6) is 0 Å². The zero-order valence-corrected chi connectivity index (χ0v) is 49.5. The molecule has 412 valence electrons. The third-order valence-electron chi connectivity index (χ3n) is 19.0. The van der Waals surface area contributed by atoms with Gasteiger partial charge in [-0.2, -0.15) is 0 Å². The van der Waals surface area contributed by atoms with Crippen LogP contribution in [-0.2, 0) is 10.8 Å². The summed E-state index contributed by atoms with van der Waals surface area (Å²) in [7, 11) is 0. The first kappa shape index (κ1) is 50.7. The molecular weight excluding hydrogens is 1100 g/mol. The number of benzene rings is 14. The summed E-state index contributed by atoms with van der Waals surface area (Å²) in [5.41, 5.74) is 21.3. The molecule has 0 aliphatic heterocycles. The number of para-hydroxylation sites is 2. The molecule has 0 spiro atoms. The quantitative estimate of drug-likeness (QED) is 0.135. The Hall–Kier alpha value is -10.6. The van der Waals surface area contributed by atoms with Gasteiger partial charge in [-0.25, -0.2) is 0 Å². The third kappa shape index (κ3) is 7.40. The van der Waals surface area contributed by atoms with E-state index in [1.54, 1.807) is 0 Å². The lowest BCUT2D eigenvalue weighted by Crippen LogP contribution is -2.28. The van der Waals surface area contributed by atoms with E-state index in [-0.39, 0.29) is 0 Å². The molecule has 14 aromatic carbocycles. The highest BCUT2D eigenvalue weighted by molar-refractivity contribution is 7.28. The van der Waals surface area contributed by atoms with E-state index >= 15 is 0 Å². The largest absolute Gasteiger partial charge is 0.310 e. The van der Waals surface area contributed by atoms with Crippen molar-refractivity contribution in [2.75, 3.05) is 9.80 Å². The van der Waals surface area contributed by atoms with E-state index in [1.807, 2.05) is 22.7 Å². The maximum atomic E-state index is 2.41. The molecule has 2 nitrogen and oxygen atoms in total. The molecule has 0 N–H and O–H groups in total. The molecule has 2 aliphatic rings. The first-order valence-electron chi connectivity index (χ1n) is 30.3. The molecule has 4 heteroatoms. The summed E-state index contributed by atoms with van der Waals surface area (Å²) in [6, 6.07) is 122. The van der Waals surface area contributed by atoms with Crippen molar-refractivity contribution in [1.29, 1.82) is 0 Å². The lowest BCUT2D eigenvalue weighted by Gasteiger charge is -2.34. The maximum Gasteiger partial charge on any atom is 0.0713 e. The summed E-state index contributed by atoms with van der Waals surface area (Å²) in [6.45, 7) is 0. The summed E-state index contributed by atoms with van der Waals surface area (Å²) in [5, 5.41) is 7.73. The third-order valence-corrected chi connectivity index (χ3v) is 21.4. The predicted octanol–water partition coefficient (Wildman–Crippen LogP) is 23.2. The van der Waals surface area contributed by atoms with Crippen LogP contribution in [0, 0.1) is 0 Å². The average Bonchev–Trinajstić information content (AvgIpc) is 1.57. The molecule has 0 radical (unpaired) electrons. The van der Waals surface area contributed by atoms with Crippen molar-refractivity contribution in [3.05, 3.63) is 372 Å². The Labute approximate surface area is 519 Å². The molecule has 2 aromatic heterocycles. The molecule has 0 unspecified atom stereocenters. The van der Waals surface area contributed by atoms with E-state index < -0.39 is 10.8 Å². The Morgan fingerprint density at radius 3 is 0.795 bits per heavy atom. The number of nitrogens with zero attached hydrogens (tertiary/aromatic N) is 2. The highest BCUT2D eigenvalue weighted by Gasteiger charge is 2.47. The van der Waals surface area contributed by atoms with E-state index in [0.717, 1.165) is 34.1 Å². The van der Waals surface area contributed by atoms with E-state index in [9.17, 15) is 0 Å². The highest BCUT2D eigenvalue weighted by atomic mass is 32.1. The van der Waals surface area contributed by atoms with Gasteiger partial charge < -0.3 is 9.80 Å². The van der Waals surface area contributed by atoms with Gasteiger partial charge in [-0.3, -0.25) is 0 Å². The van der Waals surface area contributed by atoms with Gasteiger partial charge in [0.05, 0.1) is 10.8 Å². The molecule has 0 fully saturated rings. The van der Waals surface area contributed by atoms with Gasteiger partial charge >= 0.3 is 0 Å². The van der Waals surface area contributed by atoms with E-state index in [1.165, 1.54) is 118 Å². The van der Waals surface area contributed by atoms with Gasteiger partial charge in [0.15, 0.2) is 0 Å². The van der Waals surface area contributed by atoms with Crippen molar-refractivity contribution in [2.24, 2.45) is 0 Å². The Bertz CT molecular complexity index is 4950. The van der Waals surface area contributed by atoms with Crippen molar-refractivity contribution in [1.82, 2.24) is 0 Å². The molecule has 0 bridgehead atoms. The molecule has 88 heavy (non-hydrogen) atoms. The molecule has 2 aliphatic carbocycles. The fourth-order valence-electron chi connectivity index (χ4n) is 15.3. The lowest BCUT2D eigenvalue weighted by atomic mass is 9.68. The van der Waals surface area contributed by atoms with Crippen LogP contribution in [0.2, 0.25) is 0 Å². The van der Waals surface area contributed by atoms with Crippen LogP contribution in [0.3, 0.4) is 0 Å².